The van der Waals surface area contributed by atoms with Crippen molar-refractivity contribution in [1.82, 2.24) is 10.6 Å². The molecule has 2 fully saturated rings. The summed E-state index contributed by atoms with van der Waals surface area (Å²) in [5, 5.41) is 5.69. The van der Waals surface area contributed by atoms with Crippen LogP contribution in [0.15, 0.2) is 30.3 Å². The van der Waals surface area contributed by atoms with Crippen LogP contribution in [0.2, 0.25) is 0 Å². The van der Waals surface area contributed by atoms with E-state index < -0.39 is 35.2 Å². The smallest absolute Gasteiger partial charge is 0.316 e. The molecule has 0 heterocycles. The van der Waals surface area contributed by atoms with Crippen LogP contribution in [0.4, 0.5) is 13.6 Å². The van der Waals surface area contributed by atoms with E-state index >= 15 is 0 Å². The summed E-state index contributed by atoms with van der Waals surface area (Å²) in [4.78, 5) is 25.3. The van der Waals surface area contributed by atoms with Gasteiger partial charge in [0.2, 0.25) is 0 Å². The molecule has 164 valence electrons. The molecule has 2 aromatic carbocycles. The van der Waals surface area contributed by atoms with Gasteiger partial charge in [0.25, 0.3) is 0 Å². The number of halogens is 2. The number of nitrogens with one attached hydrogen (secondary N) is 2. The third-order valence-electron chi connectivity index (χ3n) is 6.27. The molecule has 5 nitrogen and oxygen atoms in total. The molecule has 0 radical (unpaired) electrons. The maximum absolute atomic E-state index is 14.6. The monoisotopic (exact) mass is 428 g/mol. The van der Waals surface area contributed by atoms with Crippen LogP contribution >= 0.6 is 0 Å². The Hall–Kier alpha value is -2.96. The molecule has 2 saturated carbocycles. The molecule has 0 saturated heterocycles. The van der Waals surface area contributed by atoms with E-state index in [0.717, 1.165) is 41.7 Å². The largest absolute Gasteiger partial charge is 0.497 e. The first kappa shape index (κ1) is 21.3. The van der Waals surface area contributed by atoms with Gasteiger partial charge in [0.1, 0.15) is 17.4 Å². The van der Waals surface area contributed by atoms with E-state index in [4.69, 9.17) is 4.74 Å². The van der Waals surface area contributed by atoms with Crippen molar-refractivity contribution in [2.24, 2.45) is 0 Å². The van der Waals surface area contributed by atoms with Gasteiger partial charge in [-0.2, -0.15) is 0 Å². The number of carbonyl (C=O) groups excluding carboxylic acids is 2. The van der Waals surface area contributed by atoms with Crippen LogP contribution in [0.5, 0.6) is 5.75 Å². The standard InChI is InChI=1S/C24H26F2N2O3/c1-13-8-14(2)10-15(9-13)24(6-7-24)28-23(30)27-22-17(4-5-20(22)29)21-18(25)11-16(31-3)12-19(21)26/h8-12,17,22H,4-7H2,1-3H3,(H2,27,28,30)/t17-,22-/m0/s1. The average molecular weight is 428 g/mol. The number of ketones is 1. The number of urea groups is 1. The van der Waals surface area contributed by atoms with Crippen molar-refractivity contribution < 1.29 is 23.1 Å². The summed E-state index contributed by atoms with van der Waals surface area (Å²) in [5.74, 6) is -2.49. The minimum atomic E-state index is -0.979. The van der Waals surface area contributed by atoms with E-state index in [1.165, 1.54) is 7.11 Å². The molecule has 2 aliphatic rings. The molecule has 2 N–H and O–H groups in total. The summed E-state index contributed by atoms with van der Waals surface area (Å²) in [6, 6.07) is 6.87. The number of hydrogen-bond donors (Lipinski definition) is 2. The highest BCUT2D eigenvalue weighted by atomic mass is 19.1. The summed E-state index contributed by atoms with van der Waals surface area (Å²) >= 11 is 0. The van der Waals surface area contributed by atoms with Crippen molar-refractivity contribution in [2.75, 3.05) is 7.11 Å². The first-order valence-corrected chi connectivity index (χ1v) is 10.5. The normalized spacial score (nSPS) is 21.6. The number of aryl methyl sites for hydroxylation is 2. The molecule has 0 spiro atoms. The van der Waals surface area contributed by atoms with Crippen LogP contribution in [0.1, 0.15) is 53.9 Å². The number of methoxy groups -OCH3 is 1. The van der Waals surface area contributed by atoms with Gasteiger partial charge in [0.05, 0.1) is 18.7 Å². The fraction of sp³-hybridized carbons (Fsp3) is 0.417. The zero-order chi connectivity index (χ0) is 22.3. The third-order valence-corrected chi connectivity index (χ3v) is 6.27. The van der Waals surface area contributed by atoms with Crippen LogP contribution in [0.25, 0.3) is 0 Å². The van der Waals surface area contributed by atoms with Crippen molar-refractivity contribution in [3.05, 3.63) is 64.2 Å². The lowest BCUT2D eigenvalue weighted by Crippen LogP contribution is -2.49. The Kier molecular flexibility index (Phi) is 5.45. The average Bonchev–Trinajstić information content (AvgIpc) is 3.39. The minimum Gasteiger partial charge on any atom is -0.497 e. The van der Waals surface area contributed by atoms with Gasteiger partial charge >= 0.3 is 6.03 Å². The molecular formula is C24H26F2N2O3. The highest BCUT2D eigenvalue weighted by Gasteiger charge is 2.47. The second kappa shape index (κ2) is 7.94. The summed E-state index contributed by atoms with van der Waals surface area (Å²) in [5.41, 5.74) is 2.60. The van der Waals surface area contributed by atoms with Crippen LogP contribution in [-0.4, -0.2) is 25.0 Å². The predicted octanol–water partition coefficient (Wildman–Crippen LogP) is 4.39. The van der Waals surface area contributed by atoms with Gasteiger partial charge in [-0.05, 0) is 38.7 Å². The third kappa shape index (κ3) is 4.13. The lowest BCUT2D eigenvalue weighted by Gasteiger charge is -2.24. The quantitative estimate of drug-likeness (QED) is 0.742. The predicted molar refractivity (Wildman–Crippen MR) is 112 cm³/mol. The van der Waals surface area contributed by atoms with Crippen molar-refractivity contribution >= 4 is 11.8 Å². The van der Waals surface area contributed by atoms with Crippen molar-refractivity contribution in [2.45, 2.75) is 57.0 Å². The molecule has 0 aromatic heterocycles. The van der Waals surface area contributed by atoms with E-state index in [0.29, 0.717) is 0 Å². The molecule has 0 unspecified atom stereocenters. The summed E-state index contributed by atoms with van der Waals surface area (Å²) in [7, 11) is 1.32. The van der Waals surface area contributed by atoms with Gasteiger partial charge in [-0.1, -0.05) is 29.3 Å². The summed E-state index contributed by atoms with van der Waals surface area (Å²) in [6.45, 7) is 4.01. The Morgan fingerprint density at radius 3 is 2.23 bits per heavy atom. The number of Topliss-reactive ketones (excluding diaryl/α,β-unsaturated/α-hetero) is 1. The van der Waals surface area contributed by atoms with Crippen molar-refractivity contribution in [1.29, 1.82) is 0 Å². The molecule has 2 amide bonds. The Morgan fingerprint density at radius 2 is 1.68 bits per heavy atom. The number of rotatable bonds is 5. The van der Waals surface area contributed by atoms with Gasteiger partial charge in [-0.15, -0.1) is 0 Å². The molecule has 4 rings (SSSR count). The topological polar surface area (TPSA) is 67.4 Å². The zero-order valence-electron chi connectivity index (χ0n) is 17.9. The molecule has 7 heteroatoms. The minimum absolute atomic E-state index is 0.0643. The first-order valence-electron chi connectivity index (χ1n) is 10.5. The molecule has 0 bridgehead atoms. The summed E-state index contributed by atoms with van der Waals surface area (Å²) < 4.78 is 34.1. The molecule has 31 heavy (non-hydrogen) atoms. The van der Waals surface area contributed by atoms with Gasteiger partial charge in [0, 0.05) is 30.0 Å². The van der Waals surface area contributed by atoms with E-state index in [1.54, 1.807) is 0 Å². The fourth-order valence-corrected chi connectivity index (χ4v) is 4.63. The highest BCUT2D eigenvalue weighted by Crippen LogP contribution is 2.46. The molecular weight excluding hydrogens is 402 g/mol. The van der Waals surface area contributed by atoms with Gasteiger partial charge in [-0.25, -0.2) is 13.6 Å². The van der Waals surface area contributed by atoms with Gasteiger partial charge in [0.15, 0.2) is 5.78 Å². The molecule has 2 atom stereocenters. The van der Waals surface area contributed by atoms with Crippen LogP contribution in [0, 0.1) is 25.5 Å². The van der Waals surface area contributed by atoms with Crippen molar-refractivity contribution in [3.8, 4) is 5.75 Å². The van der Waals surface area contributed by atoms with Crippen molar-refractivity contribution in [3.63, 3.8) is 0 Å². The second-order valence-corrected chi connectivity index (χ2v) is 8.65. The lowest BCUT2D eigenvalue weighted by atomic mass is 9.92. The Labute approximate surface area is 180 Å². The van der Waals surface area contributed by atoms with Gasteiger partial charge < -0.3 is 15.4 Å². The van der Waals surface area contributed by atoms with Crippen LogP contribution in [0.3, 0.4) is 0 Å². The Morgan fingerprint density at radius 1 is 1.06 bits per heavy atom. The molecule has 2 aliphatic carbocycles. The Bertz CT molecular complexity index is 1010. The van der Waals surface area contributed by atoms with Crippen LogP contribution < -0.4 is 15.4 Å². The maximum atomic E-state index is 14.6. The number of carbonyl (C=O) groups is 2. The first-order chi connectivity index (χ1) is 14.7. The fourth-order valence-electron chi connectivity index (χ4n) is 4.63. The van der Waals surface area contributed by atoms with E-state index in [-0.39, 0.29) is 29.9 Å². The van der Waals surface area contributed by atoms with E-state index in [9.17, 15) is 18.4 Å². The van der Waals surface area contributed by atoms with E-state index in [2.05, 4.69) is 16.7 Å². The number of amides is 2. The zero-order valence-corrected chi connectivity index (χ0v) is 17.9. The SMILES string of the molecule is COc1cc(F)c([C@@H]2CCC(=O)[C@H]2NC(=O)NC2(c3cc(C)cc(C)c3)CC2)c(F)c1. The molecule has 0 aliphatic heterocycles. The maximum Gasteiger partial charge on any atom is 0.316 e. The number of ether oxygens (including phenoxy) is 1. The highest BCUT2D eigenvalue weighted by molar-refractivity contribution is 5.91. The van der Waals surface area contributed by atoms with Crippen LogP contribution in [-0.2, 0) is 10.3 Å². The lowest BCUT2D eigenvalue weighted by molar-refractivity contribution is -0.119. The second-order valence-electron chi connectivity index (χ2n) is 8.65. The summed E-state index contributed by atoms with van der Waals surface area (Å²) in [6.07, 6.45) is 2.02. The van der Waals surface area contributed by atoms with Gasteiger partial charge in [-0.3, -0.25) is 4.79 Å². The molecule has 2 aromatic rings. The number of hydrogen-bond acceptors (Lipinski definition) is 3. The van der Waals surface area contributed by atoms with E-state index in [1.807, 2.05) is 26.0 Å². The number of benzene rings is 2. The Balaban J connectivity index is 1.53.